The molecule has 0 N–H and O–H groups in total. The molecule has 6 heteroatoms. The first-order valence-electron chi connectivity index (χ1n) is 7.77. The largest absolute Gasteiger partial charge is 0.304 e. The van der Waals surface area contributed by atoms with Crippen LogP contribution >= 0.6 is 22.9 Å². The molecule has 0 saturated carbocycles. The first-order chi connectivity index (χ1) is 10.9. The number of aromatic nitrogens is 2. The molecule has 0 saturated heterocycles. The molecule has 2 rings (SSSR count). The molecule has 23 heavy (non-hydrogen) atoms. The summed E-state index contributed by atoms with van der Waals surface area (Å²) in [6.07, 6.45) is 0.593. The average Bonchev–Trinajstić information content (AvgIpc) is 2.96. The van der Waals surface area contributed by atoms with Crippen LogP contribution in [0.2, 0.25) is 0 Å². The third-order valence-corrected chi connectivity index (χ3v) is 4.92. The van der Waals surface area contributed by atoms with Crippen molar-refractivity contribution in [3.8, 4) is 0 Å². The number of rotatable bonds is 6. The van der Waals surface area contributed by atoms with E-state index in [9.17, 15) is 4.79 Å². The number of anilines is 1. The van der Waals surface area contributed by atoms with Crippen LogP contribution in [0.5, 0.6) is 0 Å². The van der Waals surface area contributed by atoms with E-state index in [1.807, 2.05) is 32.0 Å². The van der Waals surface area contributed by atoms with E-state index in [1.165, 1.54) is 11.3 Å². The summed E-state index contributed by atoms with van der Waals surface area (Å²) in [5.74, 6) is 0.225. The topological polar surface area (TPSA) is 46.1 Å². The molecular formula is C17H22ClN3OS. The zero-order chi connectivity index (χ0) is 17.0. The second kappa shape index (κ2) is 7.88. The van der Waals surface area contributed by atoms with Crippen molar-refractivity contribution in [2.24, 2.45) is 0 Å². The van der Waals surface area contributed by atoms with Crippen molar-refractivity contribution in [1.82, 2.24) is 10.2 Å². The minimum Gasteiger partial charge on any atom is -0.304 e. The number of amides is 1. The Morgan fingerprint density at radius 1 is 1.30 bits per heavy atom. The lowest BCUT2D eigenvalue weighted by Gasteiger charge is -2.27. The van der Waals surface area contributed by atoms with Crippen molar-refractivity contribution in [2.45, 2.75) is 52.0 Å². The molecule has 0 aliphatic heterocycles. The Morgan fingerprint density at radius 2 is 2.00 bits per heavy atom. The van der Waals surface area contributed by atoms with Gasteiger partial charge in [-0.15, -0.1) is 21.8 Å². The molecular weight excluding hydrogens is 330 g/mol. The van der Waals surface area contributed by atoms with Crippen molar-refractivity contribution < 1.29 is 4.79 Å². The molecule has 0 aliphatic carbocycles. The van der Waals surface area contributed by atoms with Gasteiger partial charge in [-0.2, -0.15) is 0 Å². The molecule has 0 spiro atoms. The van der Waals surface area contributed by atoms with E-state index in [0.29, 0.717) is 18.9 Å². The van der Waals surface area contributed by atoms with E-state index in [2.05, 4.69) is 30.1 Å². The van der Waals surface area contributed by atoms with Gasteiger partial charge in [0, 0.05) is 5.69 Å². The van der Waals surface area contributed by atoms with Gasteiger partial charge in [-0.3, -0.25) is 4.79 Å². The van der Waals surface area contributed by atoms with Gasteiger partial charge in [-0.05, 0) is 30.9 Å². The Morgan fingerprint density at radius 3 is 2.57 bits per heavy atom. The van der Waals surface area contributed by atoms with E-state index < -0.39 is 5.38 Å². The van der Waals surface area contributed by atoms with Crippen LogP contribution in [0.1, 0.15) is 48.7 Å². The van der Waals surface area contributed by atoms with Gasteiger partial charge in [0.2, 0.25) is 5.91 Å². The smallest absolute Gasteiger partial charge is 0.245 e. The maximum Gasteiger partial charge on any atom is 0.245 e. The number of para-hydroxylation sites is 1. The molecule has 0 radical (unpaired) electrons. The van der Waals surface area contributed by atoms with E-state index in [4.69, 9.17) is 11.6 Å². The first kappa shape index (κ1) is 17.9. The molecule has 0 aliphatic rings. The summed E-state index contributed by atoms with van der Waals surface area (Å²) < 4.78 is 0. The number of benzene rings is 1. The fraction of sp³-hybridized carbons (Fsp3) is 0.471. The molecule has 0 fully saturated rings. The lowest BCUT2D eigenvalue weighted by molar-refractivity contribution is -0.118. The maximum absolute atomic E-state index is 12.8. The summed E-state index contributed by atoms with van der Waals surface area (Å²) in [6.45, 7) is 8.46. The van der Waals surface area contributed by atoms with Gasteiger partial charge in [0.25, 0.3) is 0 Å². The number of carbonyl (C=O) groups excluding carboxylic acids is 1. The molecule has 124 valence electrons. The van der Waals surface area contributed by atoms with Crippen molar-refractivity contribution in [3.63, 3.8) is 0 Å². The molecule has 1 amide bonds. The van der Waals surface area contributed by atoms with Crippen LogP contribution in [0.3, 0.4) is 0 Å². The number of hydrogen-bond donors (Lipinski definition) is 0. The monoisotopic (exact) mass is 351 g/mol. The summed E-state index contributed by atoms with van der Waals surface area (Å²) in [7, 11) is 0. The highest BCUT2D eigenvalue weighted by atomic mass is 35.5. The second-order valence-electron chi connectivity index (χ2n) is 5.73. The predicted octanol–water partition coefficient (Wildman–Crippen LogP) is 4.52. The van der Waals surface area contributed by atoms with Crippen LogP contribution < -0.4 is 4.90 Å². The summed E-state index contributed by atoms with van der Waals surface area (Å²) in [5, 5.41) is 9.37. The number of alkyl halides is 1. The molecule has 1 unspecified atom stereocenters. The van der Waals surface area contributed by atoms with Gasteiger partial charge in [-0.1, -0.05) is 50.3 Å². The zero-order valence-electron chi connectivity index (χ0n) is 13.9. The average molecular weight is 352 g/mol. The number of halogens is 1. The first-order valence-corrected chi connectivity index (χ1v) is 9.02. The number of aryl methyl sites for hydroxylation is 1. The highest BCUT2D eigenvalue weighted by molar-refractivity contribution is 7.11. The third kappa shape index (κ3) is 4.30. The van der Waals surface area contributed by atoms with Crippen LogP contribution in [0.4, 0.5) is 5.69 Å². The Bertz CT molecular complexity index is 671. The van der Waals surface area contributed by atoms with E-state index in [-0.39, 0.29) is 5.91 Å². The second-order valence-corrected chi connectivity index (χ2v) is 7.52. The van der Waals surface area contributed by atoms with Gasteiger partial charge < -0.3 is 4.90 Å². The van der Waals surface area contributed by atoms with Gasteiger partial charge in [0.05, 0.1) is 6.54 Å². The summed E-state index contributed by atoms with van der Waals surface area (Å²) in [4.78, 5) is 14.6. The van der Waals surface area contributed by atoms with Gasteiger partial charge in [-0.25, -0.2) is 0 Å². The Labute approximate surface area is 146 Å². The molecule has 0 bridgehead atoms. The van der Waals surface area contributed by atoms with Gasteiger partial charge in [0.1, 0.15) is 15.4 Å². The number of nitrogens with zero attached hydrogens (tertiary/aromatic N) is 3. The SMILES string of the molecule is CCC(Cl)C(=O)N(Cc1nnc(C)s1)c1ccccc1C(C)C. The minimum atomic E-state index is -0.538. The normalized spacial score (nSPS) is 12.4. The van der Waals surface area contributed by atoms with Crippen molar-refractivity contribution >= 4 is 34.5 Å². The molecule has 4 nitrogen and oxygen atoms in total. The van der Waals surface area contributed by atoms with Crippen molar-refractivity contribution in [1.29, 1.82) is 0 Å². The summed E-state index contributed by atoms with van der Waals surface area (Å²) in [5.41, 5.74) is 2.03. The Kier molecular flexibility index (Phi) is 6.13. The van der Waals surface area contributed by atoms with Gasteiger partial charge >= 0.3 is 0 Å². The maximum atomic E-state index is 12.8. The Hall–Kier alpha value is -1.46. The van der Waals surface area contributed by atoms with Gasteiger partial charge in [0.15, 0.2) is 0 Å². The minimum absolute atomic E-state index is 0.0879. The lowest BCUT2D eigenvalue weighted by atomic mass is 10.00. The highest BCUT2D eigenvalue weighted by Gasteiger charge is 2.26. The van der Waals surface area contributed by atoms with E-state index in [0.717, 1.165) is 21.3 Å². The fourth-order valence-electron chi connectivity index (χ4n) is 2.38. The fourth-order valence-corrected chi connectivity index (χ4v) is 3.20. The standard InChI is InChI=1S/C17H22ClN3OS/c1-5-14(18)17(22)21(10-16-20-19-12(4)23-16)15-9-7-6-8-13(15)11(2)3/h6-9,11,14H,5,10H2,1-4H3. The summed E-state index contributed by atoms with van der Waals surface area (Å²) >= 11 is 7.74. The van der Waals surface area contributed by atoms with Crippen LogP contribution in [0.15, 0.2) is 24.3 Å². The zero-order valence-corrected chi connectivity index (χ0v) is 15.5. The van der Waals surface area contributed by atoms with Crippen molar-refractivity contribution in [2.75, 3.05) is 4.90 Å². The van der Waals surface area contributed by atoms with Crippen LogP contribution in [-0.2, 0) is 11.3 Å². The Balaban J connectivity index is 2.43. The van der Waals surface area contributed by atoms with Crippen LogP contribution in [0, 0.1) is 6.92 Å². The quantitative estimate of drug-likeness (QED) is 0.719. The molecule has 1 atom stereocenters. The molecule has 1 heterocycles. The summed E-state index contributed by atoms with van der Waals surface area (Å²) in [6, 6.07) is 7.97. The number of hydrogen-bond acceptors (Lipinski definition) is 4. The lowest BCUT2D eigenvalue weighted by Crippen LogP contribution is -2.37. The number of carbonyl (C=O) groups is 1. The molecule has 1 aromatic heterocycles. The third-order valence-electron chi connectivity index (χ3n) is 3.60. The molecule has 2 aromatic rings. The van der Waals surface area contributed by atoms with E-state index in [1.54, 1.807) is 4.90 Å². The molecule has 1 aromatic carbocycles. The van der Waals surface area contributed by atoms with Crippen molar-refractivity contribution in [3.05, 3.63) is 39.8 Å². The predicted molar refractivity (Wildman–Crippen MR) is 96.3 cm³/mol. The van der Waals surface area contributed by atoms with E-state index >= 15 is 0 Å². The van der Waals surface area contributed by atoms with Crippen LogP contribution in [-0.4, -0.2) is 21.5 Å². The highest BCUT2D eigenvalue weighted by Crippen LogP contribution is 2.30. The van der Waals surface area contributed by atoms with Crippen LogP contribution in [0.25, 0.3) is 0 Å².